The van der Waals surface area contributed by atoms with Crippen LogP contribution in [0.1, 0.15) is 52.9 Å². The molecule has 0 aliphatic heterocycles. The second-order valence-electron chi connectivity index (χ2n) is 6.02. The Hall–Kier alpha value is -1.55. The summed E-state index contributed by atoms with van der Waals surface area (Å²) in [5.41, 5.74) is -0.0172. The van der Waals surface area contributed by atoms with E-state index in [9.17, 15) is 4.79 Å². The van der Waals surface area contributed by atoms with Crippen LogP contribution in [0.15, 0.2) is 24.3 Å². The number of carbonyl (C=O) groups is 1. The Labute approximate surface area is 133 Å². The van der Waals surface area contributed by atoms with E-state index in [4.69, 9.17) is 9.47 Å². The molecule has 1 aromatic carbocycles. The molecular formula is C18H27NO3. The van der Waals surface area contributed by atoms with Crippen molar-refractivity contribution in [3.05, 3.63) is 24.3 Å². The third kappa shape index (κ3) is 4.23. The normalized spacial score (nSPS) is 18.0. The first-order valence-electron chi connectivity index (χ1n) is 8.29. The van der Waals surface area contributed by atoms with Crippen LogP contribution in [-0.2, 0) is 9.53 Å². The third-order valence-corrected chi connectivity index (χ3v) is 4.34. The number of nitrogens with one attached hydrogen (secondary N) is 1. The highest BCUT2D eigenvalue weighted by Crippen LogP contribution is 2.25. The van der Waals surface area contributed by atoms with E-state index < -0.39 is 5.60 Å². The van der Waals surface area contributed by atoms with Gasteiger partial charge >= 0.3 is 0 Å². The highest BCUT2D eigenvalue weighted by atomic mass is 16.5. The van der Waals surface area contributed by atoms with Gasteiger partial charge in [-0.15, -0.1) is 0 Å². The number of anilines is 1. The van der Waals surface area contributed by atoms with Gasteiger partial charge in [-0.1, -0.05) is 6.92 Å². The van der Waals surface area contributed by atoms with Gasteiger partial charge in [0.05, 0.1) is 6.10 Å². The van der Waals surface area contributed by atoms with Crippen LogP contribution in [0, 0.1) is 0 Å². The molecule has 4 heteroatoms. The summed E-state index contributed by atoms with van der Waals surface area (Å²) in [6.07, 6.45) is 5.78. The molecule has 1 amide bonds. The minimum absolute atomic E-state index is 0.110. The van der Waals surface area contributed by atoms with E-state index in [1.165, 1.54) is 12.8 Å². The average Bonchev–Trinajstić information content (AvgIpc) is 3.02. The molecule has 122 valence electrons. The molecule has 0 heterocycles. The highest BCUT2D eigenvalue weighted by Gasteiger charge is 2.31. The molecule has 1 fully saturated rings. The van der Waals surface area contributed by atoms with E-state index in [1.807, 2.05) is 45.0 Å². The van der Waals surface area contributed by atoms with Crippen molar-refractivity contribution in [3.8, 4) is 5.75 Å². The first-order valence-corrected chi connectivity index (χ1v) is 8.29. The van der Waals surface area contributed by atoms with E-state index in [1.54, 1.807) is 0 Å². The van der Waals surface area contributed by atoms with Crippen LogP contribution in [-0.4, -0.2) is 24.2 Å². The van der Waals surface area contributed by atoms with Gasteiger partial charge < -0.3 is 14.8 Å². The van der Waals surface area contributed by atoms with Crippen molar-refractivity contribution in [1.82, 2.24) is 0 Å². The number of benzene rings is 1. The van der Waals surface area contributed by atoms with E-state index >= 15 is 0 Å². The number of hydrogen-bond donors (Lipinski definition) is 1. The molecule has 0 radical (unpaired) electrons. The lowest BCUT2D eigenvalue weighted by Crippen LogP contribution is -2.42. The molecule has 1 saturated carbocycles. The number of hydrogen-bond acceptors (Lipinski definition) is 3. The number of amides is 1. The van der Waals surface area contributed by atoms with Gasteiger partial charge in [0, 0.05) is 12.3 Å². The molecule has 0 unspecified atom stereocenters. The molecule has 1 N–H and O–H groups in total. The fourth-order valence-electron chi connectivity index (χ4n) is 2.73. The van der Waals surface area contributed by atoms with Crippen molar-refractivity contribution in [2.24, 2.45) is 0 Å². The summed E-state index contributed by atoms with van der Waals surface area (Å²) in [7, 11) is 0. The Balaban J connectivity index is 1.93. The van der Waals surface area contributed by atoms with Crippen molar-refractivity contribution in [2.75, 3.05) is 11.9 Å². The van der Waals surface area contributed by atoms with Crippen molar-refractivity contribution >= 4 is 11.6 Å². The van der Waals surface area contributed by atoms with Gasteiger partial charge in [0.1, 0.15) is 11.4 Å². The summed E-state index contributed by atoms with van der Waals surface area (Å²) in [5, 5.41) is 2.92. The zero-order chi connectivity index (χ0) is 16.0. The van der Waals surface area contributed by atoms with Gasteiger partial charge in [-0.05, 0) is 70.2 Å². The Morgan fingerprint density at radius 2 is 1.86 bits per heavy atom. The van der Waals surface area contributed by atoms with Crippen molar-refractivity contribution in [1.29, 1.82) is 0 Å². The van der Waals surface area contributed by atoms with Crippen LogP contribution < -0.4 is 10.1 Å². The highest BCUT2D eigenvalue weighted by molar-refractivity contribution is 5.97. The first-order chi connectivity index (χ1) is 10.6. The molecule has 4 nitrogen and oxygen atoms in total. The molecule has 2 rings (SSSR count). The first kappa shape index (κ1) is 16.8. The topological polar surface area (TPSA) is 47.6 Å². The maximum Gasteiger partial charge on any atom is 0.256 e. The zero-order valence-electron chi connectivity index (χ0n) is 13.9. The molecule has 1 aliphatic rings. The lowest BCUT2D eigenvalue weighted by atomic mass is 10.0. The summed E-state index contributed by atoms with van der Waals surface area (Å²) < 4.78 is 11.5. The predicted molar refractivity (Wildman–Crippen MR) is 88.3 cm³/mol. The van der Waals surface area contributed by atoms with Crippen molar-refractivity contribution < 1.29 is 14.3 Å². The molecule has 0 spiro atoms. The molecule has 22 heavy (non-hydrogen) atoms. The van der Waals surface area contributed by atoms with Gasteiger partial charge in [0.15, 0.2) is 0 Å². The van der Waals surface area contributed by atoms with Crippen LogP contribution in [0.4, 0.5) is 5.69 Å². The zero-order valence-corrected chi connectivity index (χ0v) is 13.9. The minimum atomic E-state index is -0.784. The fraction of sp³-hybridized carbons (Fsp3) is 0.611. The quantitative estimate of drug-likeness (QED) is 0.823. The van der Waals surface area contributed by atoms with Gasteiger partial charge in [-0.2, -0.15) is 0 Å². The maximum atomic E-state index is 12.4. The minimum Gasteiger partial charge on any atom is -0.490 e. The monoisotopic (exact) mass is 305 g/mol. The van der Waals surface area contributed by atoms with Crippen LogP contribution >= 0.6 is 0 Å². The van der Waals surface area contributed by atoms with Gasteiger partial charge in [-0.3, -0.25) is 4.79 Å². The third-order valence-electron chi connectivity index (χ3n) is 4.34. The molecule has 0 bridgehead atoms. The average molecular weight is 305 g/mol. The van der Waals surface area contributed by atoms with Crippen LogP contribution in [0.25, 0.3) is 0 Å². The summed E-state index contributed by atoms with van der Waals surface area (Å²) in [6.45, 7) is 6.19. The summed E-state index contributed by atoms with van der Waals surface area (Å²) in [4.78, 5) is 12.4. The van der Waals surface area contributed by atoms with Gasteiger partial charge in [0.2, 0.25) is 0 Å². The second-order valence-corrected chi connectivity index (χ2v) is 6.02. The van der Waals surface area contributed by atoms with Crippen molar-refractivity contribution in [3.63, 3.8) is 0 Å². The smallest absolute Gasteiger partial charge is 0.256 e. The Morgan fingerprint density at radius 3 is 2.41 bits per heavy atom. The van der Waals surface area contributed by atoms with E-state index in [2.05, 4.69) is 5.32 Å². The maximum absolute atomic E-state index is 12.4. The van der Waals surface area contributed by atoms with Crippen molar-refractivity contribution in [2.45, 2.75) is 64.6 Å². The fourth-order valence-corrected chi connectivity index (χ4v) is 2.73. The summed E-state index contributed by atoms with van der Waals surface area (Å²) in [5.74, 6) is 0.759. The van der Waals surface area contributed by atoms with Crippen LogP contribution in [0.3, 0.4) is 0 Å². The second kappa shape index (κ2) is 7.63. The molecular weight excluding hydrogens is 278 g/mol. The standard InChI is InChI=1S/C18H27NO3/c1-4-18(3,21-5-2)17(20)19-14-10-12-16(13-11-14)22-15-8-6-7-9-15/h10-13,15H,4-9H2,1-3H3,(H,19,20)/t18-/m0/s1. The van der Waals surface area contributed by atoms with E-state index in [-0.39, 0.29) is 5.91 Å². The number of carbonyl (C=O) groups excluding carboxylic acids is 1. The lowest BCUT2D eigenvalue weighted by Gasteiger charge is -2.26. The molecule has 0 saturated heterocycles. The molecule has 1 atom stereocenters. The lowest BCUT2D eigenvalue weighted by molar-refractivity contribution is -0.139. The van der Waals surface area contributed by atoms with Gasteiger partial charge in [-0.25, -0.2) is 0 Å². The Morgan fingerprint density at radius 1 is 1.23 bits per heavy atom. The largest absolute Gasteiger partial charge is 0.490 e. The van der Waals surface area contributed by atoms with Crippen LogP contribution in [0.2, 0.25) is 0 Å². The SMILES string of the molecule is CCO[C@@](C)(CC)C(=O)Nc1ccc(OC2CCCC2)cc1. The van der Waals surface area contributed by atoms with E-state index in [0.717, 1.165) is 24.3 Å². The van der Waals surface area contributed by atoms with E-state index in [0.29, 0.717) is 19.1 Å². The Bertz CT molecular complexity index is 480. The van der Waals surface area contributed by atoms with Gasteiger partial charge in [0.25, 0.3) is 5.91 Å². The molecule has 1 aliphatic carbocycles. The van der Waals surface area contributed by atoms with Crippen LogP contribution in [0.5, 0.6) is 5.75 Å². The summed E-state index contributed by atoms with van der Waals surface area (Å²) >= 11 is 0. The molecule has 1 aromatic rings. The number of rotatable bonds is 7. The Kier molecular flexibility index (Phi) is 5.83. The molecule has 0 aromatic heterocycles. The summed E-state index contributed by atoms with van der Waals surface area (Å²) in [6, 6.07) is 7.59. The number of ether oxygens (including phenoxy) is 2. The predicted octanol–water partition coefficient (Wildman–Crippen LogP) is 4.15.